The first kappa shape index (κ1) is 26.0. The molecular weight excluding hydrogens is 356 g/mol. The molecule has 0 amide bonds. The molecule has 0 aliphatic carbocycles. The van der Waals surface area contributed by atoms with Crippen LogP contribution in [-0.2, 0) is 9.59 Å². The number of hydrogen-bond donors (Lipinski definition) is 3. The van der Waals surface area contributed by atoms with Crippen LogP contribution in [0.1, 0.15) is 71.1 Å². The lowest BCUT2D eigenvalue weighted by Crippen LogP contribution is -2.49. The van der Waals surface area contributed by atoms with Gasteiger partial charge in [0.15, 0.2) is 5.78 Å². The van der Waals surface area contributed by atoms with Crippen molar-refractivity contribution in [2.45, 2.75) is 76.7 Å². The van der Waals surface area contributed by atoms with Crippen LogP contribution < -0.4 is 0 Å². The first-order chi connectivity index (χ1) is 13.5. The Morgan fingerprint density at radius 1 is 0.786 bits per heavy atom. The second kappa shape index (κ2) is 17.1. The lowest BCUT2D eigenvalue weighted by atomic mass is 9.95. The van der Waals surface area contributed by atoms with Gasteiger partial charge in [0.2, 0.25) is 5.60 Å². The van der Waals surface area contributed by atoms with Crippen LogP contribution in [0.5, 0.6) is 0 Å². The summed E-state index contributed by atoms with van der Waals surface area (Å²) < 4.78 is 0. The fraction of sp³-hybridized carbons (Fsp3) is 0.565. The monoisotopic (exact) mass is 392 g/mol. The molecule has 0 heterocycles. The summed E-state index contributed by atoms with van der Waals surface area (Å²) in [5, 5.41) is 27.2. The number of allylic oxidation sites excluding steroid dienone is 8. The lowest BCUT2D eigenvalue weighted by Gasteiger charge is -2.18. The minimum atomic E-state index is -2.68. The maximum absolute atomic E-state index is 11.7. The Kier molecular flexibility index (Phi) is 15.9. The maximum atomic E-state index is 11.7. The Labute approximate surface area is 169 Å². The first-order valence-electron chi connectivity index (χ1n) is 10.2. The van der Waals surface area contributed by atoms with Crippen molar-refractivity contribution in [1.29, 1.82) is 0 Å². The van der Waals surface area contributed by atoms with Gasteiger partial charge in [0, 0.05) is 6.42 Å². The average molecular weight is 393 g/mol. The number of aliphatic hydroxyl groups is 2. The molecule has 0 rings (SSSR count). The number of aliphatic carboxylic acids is 1. The van der Waals surface area contributed by atoms with E-state index in [9.17, 15) is 14.7 Å². The number of Topliss-reactive ketones (excluding diaryl/α,β-unsaturated/α-hetero) is 1. The van der Waals surface area contributed by atoms with Crippen LogP contribution in [0.25, 0.3) is 0 Å². The van der Waals surface area contributed by atoms with Gasteiger partial charge in [0.1, 0.15) is 0 Å². The molecule has 5 heteroatoms. The van der Waals surface area contributed by atoms with Crippen LogP contribution >= 0.6 is 0 Å². The second-order valence-electron chi connectivity index (χ2n) is 6.73. The highest BCUT2D eigenvalue weighted by atomic mass is 16.4. The first-order valence-corrected chi connectivity index (χ1v) is 10.2. The molecule has 0 spiro atoms. The second-order valence-corrected chi connectivity index (χ2v) is 6.73. The number of unbranched alkanes of at least 4 members (excludes halogenated alkanes) is 4. The van der Waals surface area contributed by atoms with Crippen LogP contribution in [0.2, 0.25) is 0 Å². The molecule has 0 aliphatic rings. The molecular formula is C23H36O5. The summed E-state index contributed by atoms with van der Waals surface area (Å²) in [5.41, 5.74) is -2.68. The van der Waals surface area contributed by atoms with Gasteiger partial charge in [-0.15, -0.1) is 0 Å². The summed E-state index contributed by atoms with van der Waals surface area (Å²) in [4.78, 5) is 22.5. The molecule has 3 N–H and O–H groups in total. The Balaban J connectivity index is 3.75. The predicted molar refractivity (Wildman–Crippen MR) is 113 cm³/mol. The van der Waals surface area contributed by atoms with E-state index in [2.05, 4.69) is 43.4 Å². The summed E-state index contributed by atoms with van der Waals surface area (Å²) in [6.45, 7) is 1.11. The number of aliphatic hydroxyl groups excluding tert-OH is 1. The quantitative estimate of drug-likeness (QED) is 0.192. The number of rotatable bonds is 17. The number of carboxylic acid groups (broad SMARTS) is 1. The molecule has 0 aliphatic heterocycles. The molecule has 28 heavy (non-hydrogen) atoms. The topological polar surface area (TPSA) is 94.8 Å². The number of hydrogen-bond acceptors (Lipinski definition) is 4. The Hall–Kier alpha value is -1.98. The molecule has 158 valence electrons. The van der Waals surface area contributed by atoms with Crippen molar-refractivity contribution >= 4 is 11.8 Å². The van der Waals surface area contributed by atoms with E-state index in [-0.39, 0.29) is 6.42 Å². The van der Waals surface area contributed by atoms with Gasteiger partial charge < -0.3 is 15.3 Å². The van der Waals surface area contributed by atoms with Gasteiger partial charge in [0.05, 0.1) is 6.61 Å². The maximum Gasteiger partial charge on any atom is 0.346 e. The summed E-state index contributed by atoms with van der Waals surface area (Å²) in [5.74, 6) is -2.57. The van der Waals surface area contributed by atoms with Crippen LogP contribution in [0.4, 0.5) is 0 Å². The third-order valence-corrected chi connectivity index (χ3v) is 4.28. The Bertz CT molecular complexity index is 545. The highest BCUT2D eigenvalue weighted by Crippen LogP contribution is 2.11. The van der Waals surface area contributed by atoms with Gasteiger partial charge >= 0.3 is 5.97 Å². The van der Waals surface area contributed by atoms with Gasteiger partial charge in [-0.25, -0.2) is 4.79 Å². The van der Waals surface area contributed by atoms with Crippen molar-refractivity contribution in [2.24, 2.45) is 0 Å². The molecule has 0 aromatic carbocycles. The molecule has 5 nitrogen and oxygen atoms in total. The largest absolute Gasteiger partial charge is 0.479 e. The Morgan fingerprint density at radius 2 is 1.25 bits per heavy atom. The zero-order valence-corrected chi connectivity index (χ0v) is 17.1. The van der Waals surface area contributed by atoms with Crippen LogP contribution in [-0.4, -0.2) is 39.3 Å². The molecule has 0 radical (unpaired) electrons. The van der Waals surface area contributed by atoms with Crippen LogP contribution in [0.3, 0.4) is 0 Å². The molecule has 0 bridgehead atoms. The number of ketones is 1. The van der Waals surface area contributed by atoms with E-state index in [0.717, 1.165) is 19.3 Å². The zero-order valence-electron chi connectivity index (χ0n) is 17.1. The van der Waals surface area contributed by atoms with E-state index in [1.807, 2.05) is 12.2 Å². The van der Waals surface area contributed by atoms with Gasteiger partial charge in [-0.3, -0.25) is 4.79 Å². The minimum absolute atomic E-state index is 0.0820. The van der Waals surface area contributed by atoms with Crippen molar-refractivity contribution in [3.8, 4) is 0 Å². The summed E-state index contributed by atoms with van der Waals surface area (Å²) >= 11 is 0. The molecule has 0 fully saturated rings. The minimum Gasteiger partial charge on any atom is -0.479 e. The Morgan fingerprint density at radius 3 is 1.68 bits per heavy atom. The zero-order chi connectivity index (χ0) is 21.1. The van der Waals surface area contributed by atoms with Gasteiger partial charge in [-0.1, -0.05) is 68.4 Å². The van der Waals surface area contributed by atoms with Crippen LogP contribution in [0.15, 0.2) is 48.6 Å². The molecule has 1 atom stereocenters. The van der Waals surface area contributed by atoms with Crippen molar-refractivity contribution < 1.29 is 24.9 Å². The highest BCUT2D eigenvalue weighted by Gasteiger charge is 2.42. The number of carboxylic acids is 1. The van der Waals surface area contributed by atoms with Crippen molar-refractivity contribution in [1.82, 2.24) is 0 Å². The normalized spacial score (nSPS) is 14.5. The van der Waals surface area contributed by atoms with E-state index in [1.165, 1.54) is 25.7 Å². The van der Waals surface area contributed by atoms with Gasteiger partial charge in [0.25, 0.3) is 0 Å². The highest BCUT2D eigenvalue weighted by molar-refractivity contribution is 6.06. The van der Waals surface area contributed by atoms with Crippen LogP contribution in [0, 0.1) is 0 Å². The van der Waals surface area contributed by atoms with E-state index < -0.39 is 24.0 Å². The fourth-order valence-electron chi connectivity index (χ4n) is 2.42. The third kappa shape index (κ3) is 12.4. The van der Waals surface area contributed by atoms with E-state index in [0.29, 0.717) is 12.8 Å². The number of carbonyl (C=O) groups excluding carboxylic acids is 1. The fourth-order valence-corrected chi connectivity index (χ4v) is 2.42. The lowest BCUT2D eigenvalue weighted by molar-refractivity contribution is -0.169. The molecule has 0 aromatic rings. The van der Waals surface area contributed by atoms with E-state index in [4.69, 9.17) is 10.2 Å². The summed E-state index contributed by atoms with van der Waals surface area (Å²) in [6, 6.07) is 0. The number of carbonyl (C=O) groups is 2. The van der Waals surface area contributed by atoms with Gasteiger partial charge in [-0.05, 0) is 44.9 Å². The van der Waals surface area contributed by atoms with E-state index in [1.54, 1.807) is 0 Å². The standard InChI is InChI=1S/C23H36O5/c1-2-3-4-5-6-7-8-9-10-11-12-13-14-15-16-17-18-19-21(25)23(28,20-24)22(26)27/h6-7,9-10,12-13,15-16,24,28H,2-5,8,11,14,17-20H2,1H3,(H,26,27)/b7-6-,10-9-,13-12-,16-15-. The van der Waals surface area contributed by atoms with E-state index >= 15 is 0 Å². The SMILES string of the molecule is CCCCC/C=C\C/C=C\C/C=C\C/C=C\CCCC(=O)C(O)(CO)C(=O)O. The smallest absolute Gasteiger partial charge is 0.346 e. The summed E-state index contributed by atoms with van der Waals surface area (Å²) in [6.07, 6.45) is 25.5. The molecule has 0 saturated heterocycles. The molecule has 0 aromatic heterocycles. The predicted octanol–water partition coefficient (Wildman–Crippen LogP) is 4.51. The van der Waals surface area contributed by atoms with Gasteiger partial charge in [-0.2, -0.15) is 0 Å². The van der Waals surface area contributed by atoms with Crippen molar-refractivity contribution in [3.63, 3.8) is 0 Å². The average Bonchev–Trinajstić information content (AvgIpc) is 2.69. The summed E-state index contributed by atoms with van der Waals surface area (Å²) in [7, 11) is 0. The molecule has 0 saturated carbocycles. The third-order valence-electron chi connectivity index (χ3n) is 4.28. The molecule has 1 unspecified atom stereocenters. The van der Waals surface area contributed by atoms with Crippen molar-refractivity contribution in [3.05, 3.63) is 48.6 Å². The van der Waals surface area contributed by atoms with Crippen molar-refractivity contribution in [2.75, 3.05) is 6.61 Å².